The Bertz CT molecular complexity index is 293. The van der Waals surface area contributed by atoms with Crippen LogP contribution in [-0.4, -0.2) is 26.4 Å². The van der Waals surface area contributed by atoms with Gasteiger partial charge >= 0.3 is 0 Å². The Labute approximate surface area is 90.4 Å². The lowest BCUT2D eigenvalue weighted by Gasteiger charge is -2.27. The summed E-state index contributed by atoms with van der Waals surface area (Å²) >= 11 is 0. The van der Waals surface area contributed by atoms with Crippen molar-refractivity contribution in [1.82, 2.24) is 5.32 Å². The Morgan fingerprint density at radius 1 is 1.27 bits per heavy atom. The quantitative estimate of drug-likeness (QED) is 0.790. The number of hydrogen-bond acceptors (Lipinski definition) is 3. The Morgan fingerprint density at radius 3 is 2.47 bits per heavy atom. The lowest BCUT2D eigenvalue weighted by molar-refractivity contribution is -0.00578. The molecule has 1 fully saturated rings. The van der Waals surface area contributed by atoms with Gasteiger partial charge in [0.25, 0.3) is 0 Å². The van der Waals surface area contributed by atoms with Gasteiger partial charge in [0.15, 0.2) is 0 Å². The molecule has 0 unspecified atom stereocenters. The summed E-state index contributed by atoms with van der Waals surface area (Å²) < 4.78 is 10.2. The van der Waals surface area contributed by atoms with E-state index in [-0.39, 0.29) is 0 Å². The molecule has 0 saturated carbocycles. The van der Waals surface area contributed by atoms with E-state index in [9.17, 15) is 0 Å². The summed E-state index contributed by atoms with van der Waals surface area (Å²) in [5.41, 5.74) is 2.52. The molecule has 1 heterocycles. The average Bonchev–Trinajstić information content (AvgIpc) is 2.19. The van der Waals surface area contributed by atoms with Gasteiger partial charge in [0, 0.05) is 13.7 Å². The fourth-order valence-corrected chi connectivity index (χ4v) is 1.54. The van der Waals surface area contributed by atoms with E-state index >= 15 is 0 Å². The van der Waals surface area contributed by atoms with Gasteiger partial charge in [-0.05, 0) is 11.1 Å². The van der Waals surface area contributed by atoms with Crippen molar-refractivity contribution in [2.24, 2.45) is 0 Å². The van der Waals surface area contributed by atoms with Crippen LogP contribution in [0.4, 0.5) is 0 Å². The molecule has 0 amide bonds. The van der Waals surface area contributed by atoms with Crippen LogP contribution in [0.15, 0.2) is 24.3 Å². The normalized spacial score (nSPS) is 16.3. The number of ether oxygens (including phenoxy) is 2. The fourth-order valence-electron chi connectivity index (χ4n) is 1.54. The molecule has 0 atom stereocenters. The van der Waals surface area contributed by atoms with Gasteiger partial charge in [0.2, 0.25) is 0 Å². The smallest absolute Gasteiger partial charge is 0.0713 e. The largest absolute Gasteiger partial charge is 0.380 e. The third kappa shape index (κ3) is 3.02. The molecular formula is C12H17NO2. The van der Waals surface area contributed by atoms with Crippen molar-refractivity contribution >= 4 is 0 Å². The molecule has 3 heteroatoms. The van der Waals surface area contributed by atoms with Crippen LogP contribution in [0.25, 0.3) is 0 Å². The number of methoxy groups -OCH3 is 1. The molecule has 3 nitrogen and oxygen atoms in total. The summed E-state index contributed by atoms with van der Waals surface area (Å²) in [6, 6.07) is 9.04. The van der Waals surface area contributed by atoms with E-state index in [1.165, 1.54) is 11.1 Å². The maximum atomic E-state index is 5.10. The second-order valence-corrected chi connectivity index (χ2v) is 3.86. The Morgan fingerprint density at radius 2 is 1.93 bits per heavy atom. The van der Waals surface area contributed by atoms with Gasteiger partial charge in [0.05, 0.1) is 25.9 Å². The molecule has 1 N–H and O–H groups in total. The van der Waals surface area contributed by atoms with Gasteiger partial charge in [-0.25, -0.2) is 0 Å². The summed E-state index contributed by atoms with van der Waals surface area (Å²) in [5.74, 6) is 0. The number of nitrogens with one attached hydrogen (secondary N) is 1. The molecule has 0 aliphatic carbocycles. The van der Waals surface area contributed by atoms with E-state index in [0.29, 0.717) is 12.6 Å². The van der Waals surface area contributed by atoms with Crippen LogP contribution in [0, 0.1) is 0 Å². The Hall–Kier alpha value is -0.900. The zero-order chi connectivity index (χ0) is 10.5. The minimum Gasteiger partial charge on any atom is -0.380 e. The molecule has 0 aromatic heterocycles. The summed E-state index contributed by atoms with van der Waals surface area (Å²) in [5, 5.41) is 3.43. The molecule has 0 radical (unpaired) electrons. The summed E-state index contributed by atoms with van der Waals surface area (Å²) in [7, 11) is 1.71. The fraction of sp³-hybridized carbons (Fsp3) is 0.500. The van der Waals surface area contributed by atoms with Crippen molar-refractivity contribution in [3.05, 3.63) is 35.4 Å². The van der Waals surface area contributed by atoms with E-state index in [0.717, 1.165) is 19.8 Å². The highest BCUT2D eigenvalue weighted by Crippen LogP contribution is 2.07. The zero-order valence-electron chi connectivity index (χ0n) is 9.03. The van der Waals surface area contributed by atoms with Crippen LogP contribution in [0.2, 0.25) is 0 Å². The molecule has 82 valence electrons. The Kier molecular flexibility index (Phi) is 3.72. The summed E-state index contributed by atoms with van der Waals surface area (Å²) in [6.45, 7) is 3.30. The molecule has 2 rings (SSSR count). The van der Waals surface area contributed by atoms with E-state index in [1.807, 2.05) is 0 Å². The van der Waals surface area contributed by atoms with Crippen LogP contribution < -0.4 is 5.32 Å². The zero-order valence-corrected chi connectivity index (χ0v) is 9.03. The second-order valence-electron chi connectivity index (χ2n) is 3.86. The van der Waals surface area contributed by atoms with Crippen molar-refractivity contribution < 1.29 is 9.47 Å². The first-order chi connectivity index (χ1) is 7.38. The van der Waals surface area contributed by atoms with Crippen LogP contribution in [0.5, 0.6) is 0 Å². The number of hydrogen-bond donors (Lipinski definition) is 1. The van der Waals surface area contributed by atoms with Crippen molar-refractivity contribution in [1.29, 1.82) is 0 Å². The first kappa shape index (κ1) is 10.6. The minimum atomic E-state index is 0.545. The molecule has 1 aromatic rings. The monoisotopic (exact) mass is 207 g/mol. The van der Waals surface area contributed by atoms with Gasteiger partial charge in [-0.15, -0.1) is 0 Å². The molecular weight excluding hydrogens is 190 g/mol. The van der Waals surface area contributed by atoms with Crippen molar-refractivity contribution in [3.8, 4) is 0 Å². The molecule has 1 aromatic carbocycles. The summed E-state index contributed by atoms with van der Waals surface area (Å²) in [4.78, 5) is 0. The van der Waals surface area contributed by atoms with Gasteiger partial charge in [0.1, 0.15) is 0 Å². The first-order valence-corrected chi connectivity index (χ1v) is 5.26. The Balaban J connectivity index is 1.80. The number of benzene rings is 1. The standard InChI is InChI=1S/C12H17NO2/c1-14-7-11-4-2-10(3-5-11)6-13-12-8-15-9-12/h2-5,12-13H,6-9H2,1H3. The van der Waals surface area contributed by atoms with Crippen LogP contribution in [0.3, 0.4) is 0 Å². The predicted molar refractivity (Wildman–Crippen MR) is 58.6 cm³/mol. The average molecular weight is 207 g/mol. The van der Waals surface area contributed by atoms with E-state index in [4.69, 9.17) is 9.47 Å². The highest BCUT2D eigenvalue weighted by atomic mass is 16.5. The van der Waals surface area contributed by atoms with Crippen molar-refractivity contribution in [2.75, 3.05) is 20.3 Å². The minimum absolute atomic E-state index is 0.545. The second kappa shape index (κ2) is 5.26. The van der Waals surface area contributed by atoms with Crippen LogP contribution >= 0.6 is 0 Å². The van der Waals surface area contributed by atoms with E-state index in [1.54, 1.807) is 7.11 Å². The first-order valence-electron chi connectivity index (χ1n) is 5.26. The molecule has 15 heavy (non-hydrogen) atoms. The highest BCUT2D eigenvalue weighted by molar-refractivity contribution is 5.22. The topological polar surface area (TPSA) is 30.5 Å². The highest BCUT2D eigenvalue weighted by Gasteiger charge is 2.16. The van der Waals surface area contributed by atoms with Crippen LogP contribution in [0.1, 0.15) is 11.1 Å². The SMILES string of the molecule is COCc1ccc(CNC2COC2)cc1. The lowest BCUT2D eigenvalue weighted by atomic mass is 10.1. The van der Waals surface area contributed by atoms with E-state index in [2.05, 4.69) is 29.6 Å². The third-order valence-electron chi connectivity index (χ3n) is 2.57. The van der Waals surface area contributed by atoms with Gasteiger partial charge in [-0.2, -0.15) is 0 Å². The van der Waals surface area contributed by atoms with Gasteiger partial charge < -0.3 is 14.8 Å². The van der Waals surface area contributed by atoms with Crippen LogP contribution in [-0.2, 0) is 22.6 Å². The molecule has 0 spiro atoms. The van der Waals surface area contributed by atoms with Gasteiger partial charge in [-0.3, -0.25) is 0 Å². The van der Waals surface area contributed by atoms with Gasteiger partial charge in [-0.1, -0.05) is 24.3 Å². The van der Waals surface area contributed by atoms with E-state index < -0.39 is 0 Å². The van der Waals surface area contributed by atoms with Crippen molar-refractivity contribution in [2.45, 2.75) is 19.2 Å². The molecule has 1 aliphatic rings. The predicted octanol–water partition coefficient (Wildman–Crippen LogP) is 1.32. The van der Waals surface area contributed by atoms with Crippen molar-refractivity contribution in [3.63, 3.8) is 0 Å². The third-order valence-corrected chi connectivity index (χ3v) is 2.57. The maximum Gasteiger partial charge on any atom is 0.0713 e. The number of rotatable bonds is 5. The molecule has 0 bridgehead atoms. The maximum absolute atomic E-state index is 5.10. The molecule has 1 saturated heterocycles. The summed E-state index contributed by atoms with van der Waals surface area (Å²) in [6.07, 6.45) is 0. The lowest BCUT2D eigenvalue weighted by Crippen LogP contribution is -2.45. The molecule has 1 aliphatic heterocycles.